The zero-order chi connectivity index (χ0) is 26.0. The fraction of sp³-hybridized carbons (Fsp3) is 0.552. The van der Waals surface area contributed by atoms with E-state index in [1.165, 1.54) is 5.56 Å². The maximum absolute atomic E-state index is 13.4. The average molecular weight is 525 g/mol. The number of nitrogen functional groups attached to an aromatic ring is 1. The largest absolute Gasteiger partial charge is 0.466 e. The van der Waals surface area contributed by atoms with Gasteiger partial charge in [0.25, 0.3) is 0 Å². The van der Waals surface area contributed by atoms with Crippen molar-refractivity contribution in [3.8, 4) is 0 Å². The van der Waals surface area contributed by atoms with Crippen molar-refractivity contribution < 1.29 is 14.3 Å². The van der Waals surface area contributed by atoms with Crippen LogP contribution in [0.1, 0.15) is 50.2 Å². The van der Waals surface area contributed by atoms with Crippen molar-refractivity contribution in [1.29, 1.82) is 0 Å². The van der Waals surface area contributed by atoms with E-state index < -0.39 is 0 Å². The van der Waals surface area contributed by atoms with Crippen LogP contribution in [0, 0.1) is 17.8 Å². The monoisotopic (exact) mass is 524 g/mol. The number of carbonyl (C=O) groups is 2. The lowest BCUT2D eigenvalue weighted by Crippen LogP contribution is -2.47. The highest BCUT2D eigenvalue weighted by Gasteiger charge is 2.64. The molecule has 1 unspecified atom stereocenters. The molecule has 7 nitrogen and oxygen atoms in total. The van der Waals surface area contributed by atoms with E-state index in [0.717, 1.165) is 70.4 Å². The van der Waals surface area contributed by atoms with Crippen LogP contribution < -0.4 is 5.73 Å². The molecule has 5 rings (SSSR count). The third-order valence-corrected chi connectivity index (χ3v) is 8.93. The van der Waals surface area contributed by atoms with Crippen LogP contribution in [0.2, 0.25) is 5.02 Å². The maximum atomic E-state index is 13.4. The van der Waals surface area contributed by atoms with E-state index in [-0.39, 0.29) is 23.2 Å². The van der Waals surface area contributed by atoms with Gasteiger partial charge in [-0.1, -0.05) is 23.7 Å². The number of aromatic nitrogens is 1. The molecule has 2 N–H and O–H groups in total. The predicted molar refractivity (Wildman–Crippen MR) is 144 cm³/mol. The van der Waals surface area contributed by atoms with Crippen molar-refractivity contribution >= 4 is 29.3 Å². The smallest absolute Gasteiger partial charge is 0.309 e. The normalized spacial score (nSPS) is 25.1. The van der Waals surface area contributed by atoms with Crippen LogP contribution in [0.5, 0.6) is 0 Å². The molecular weight excluding hydrogens is 488 g/mol. The van der Waals surface area contributed by atoms with Crippen molar-refractivity contribution in [2.24, 2.45) is 17.8 Å². The fourth-order valence-electron chi connectivity index (χ4n) is 6.64. The molecule has 37 heavy (non-hydrogen) atoms. The van der Waals surface area contributed by atoms with Crippen LogP contribution in [-0.2, 0) is 26.3 Å². The molecule has 3 fully saturated rings. The Labute approximate surface area is 224 Å². The maximum Gasteiger partial charge on any atom is 0.309 e. The number of hydrogen-bond donors (Lipinski definition) is 1. The predicted octanol–water partition coefficient (Wildman–Crippen LogP) is 4.29. The first-order valence-corrected chi connectivity index (χ1v) is 13.9. The first-order valence-electron chi connectivity index (χ1n) is 13.5. The van der Waals surface area contributed by atoms with Gasteiger partial charge < -0.3 is 15.4 Å². The number of hydrogen-bond acceptors (Lipinski definition) is 6. The first kappa shape index (κ1) is 26.0. The van der Waals surface area contributed by atoms with Crippen molar-refractivity contribution in [2.75, 3.05) is 38.5 Å². The molecule has 2 aliphatic heterocycles. The van der Waals surface area contributed by atoms with E-state index >= 15 is 0 Å². The summed E-state index contributed by atoms with van der Waals surface area (Å²) in [5.41, 5.74) is 7.95. The van der Waals surface area contributed by atoms with Crippen molar-refractivity contribution in [1.82, 2.24) is 14.8 Å². The summed E-state index contributed by atoms with van der Waals surface area (Å²) in [5, 5.41) is 0.698. The van der Waals surface area contributed by atoms with Gasteiger partial charge in [-0.3, -0.25) is 14.5 Å². The number of benzene rings is 1. The number of likely N-dealkylation sites (tertiary alicyclic amines) is 2. The number of pyridine rings is 1. The number of nitrogens with zero attached hydrogens (tertiary/aromatic N) is 3. The fourth-order valence-corrected chi connectivity index (χ4v) is 6.77. The van der Waals surface area contributed by atoms with Crippen LogP contribution in [-0.4, -0.2) is 59.4 Å². The highest BCUT2D eigenvalue weighted by atomic mass is 35.5. The number of ether oxygens (including phenoxy) is 1. The second kappa shape index (κ2) is 11.0. The highest BCUT2D eigenvalue weighted by Crippen LogP contribution is 2.62. The minimum Gasteiger partial charge on any atom is -0.466 e. The van der Waals surface area contributed by atoms with E-state index in [1.807, 2.05) is 31.2 Å². The molecular formula is C29H37ClN4O3. The molecule has 8 heteroatoms. The molecule has 198 valence electrons. The van der Waals surface area contributed by atoms with Crippen molar-refractivity contribution in [3.63, 3.8) is 0 Å². The Morgan fingerprint density at radius 2 is 1.78 bits per heavy atom. The number of amides is 1. The minimum absolute atomic E-state index is 0.0914. The zero-order valence-electron chi connectivity index (χ0n) is 21.6. The molecule has 1 aromatic heterocycles. The molecule has 1 saturated carbocycles. The van der Waals surface area contributed by atoms with Crippen LogP contribution >= 0.6 is 11.6 Å². The van der Waals surface area contributed by atoms with E-state index in [0.29, 0.717) is 29.3 Å². The van der Waals surface area contributed by atoms with Gasteiger partial charge in [-0.2, -0.15) is 0 Å². The van der Waals surface area contributed by atoms with Gasteiger partial charge in [0.05, 0.1) is 12.5 Å². The van der Waals surface area contributed by atoms with Crippen LogP contribution in [0.3, 0.4) is 0 Å². The van der Waals surface area contributed by atoms with Gasteiger partial charge in [0.15, 0.2) is 0 Å². The number of anilines is 1. The molecule has 0 radical (unpaired) electrons. The second-order valence-electron chi connectivity index (χ2n) is 10.8. The van der Waals surface area contributed by atoms with Gasteiger partial charge in [-0.15, -0.1) is 0 Å². The number of halogens is 1. The summed E-state index contributed by atoms with van der Waals surface area (Å²) in [6.45, 7) is 6.43. The highest BCUT2D eigenvalue weighted by molar-refractivity contribution is 6.30. The van der Waals surface area contributed by atoms with Crippen LogP contribution in [0.25, 0.3) is 0 Å². The lowest BCUT2D eigenvalue weighted by Gasteiger charge is -2.40. The van der Waals surface area contributed by atoms with E-state index in [2.05, 4.69) is 26.9 Å². The molecule has 3 heterocycles. The zero-order valence-corrected chi connectivity index (χ0v) is 22.3. The quantitative estimate of drug-likeness (QED) is 0.544. The minimum atomic E-state index is -0.201. The Kier molecular flexibility index (Phi) is 7.72. The molecule has 2 aromatic rings. The number of rotatable bonds is 7. The molecule has 2 atom stereocenters. The van der Waals surface area contributed by atoms with E-state index in [9.17, 15) is 9.59 Å². The average Bonchev–Trinajstić information content (AvgIpc) is 3.67. The van der Waals surface area contributed by atoms with Crippen LogP contribution in [0.4, 0.5) is 5.82 Å². The number of carbonyl (C=O) groups excluding carboxylic acids is 2. The van der Waals surface area contributed by atoms with E-state index in [4.69, 9.17) is 22.1 Å². The van der Waals surface area contributed by atoms with Gasteiger partial charge in [-0.25, -0.2) is 4.98 Å². The van der Waals surface area contributed by atoms with Gasteiger partial charge in [0, 0.05) is 42.2 Å². The second-order valence-corrected chi connectivity index (χ2v) is 11.2. The van der Waals surface area contributed by atoms with Crippen molar-refractivity contribution in [2.45, 2.75) is 51.0 Å². The summed E-state index contributed by atoms with van der Waals surface area (Å²) in [7, 11) is 0. The molecule has 1 amide bonds. The standard InChI is InChI=1S/C29H37ClN4O3/c1-2-37-28(36)25-18-29(25,22-3-5-24(30)6-4-22)23-10-15-34(16-11-23)27(35)21-8-13-33(14-9-21)19-20-7-12-32-26(31)17-20/h3-7,12,17,21,23,25H,2,8-11,13-16,18-19H2,1H3,(H2,31,32)/t25-,29?/m1/s1. The lowest BCUT2D eigenvalue weighted by molar-refractivity contribution is -0.146. The number of esters is 1. The Balaban J connectivity index is 1.17. The Hall–Kier alpha value is -2.64. The summed E-state index contributed by atoms with van der Waals surface area (Å²) in [4.78, 5) is 34.6. The Morgan fingerprint density at radius 1 is 1.08 bits per heavy atom. The summed E-state index contributed by atoms with van der Waals surface area (Å²) in [5.74, 6) is 1.07. The number of nitrogens with two attached hydrogens (primary N) is 1. The van der Waals surface area contributed by atoms with E-state index in [1.54, 1.807) is 6.20 Å². The van der Waals surface area contributed by atoms with Gasteiger partial charge in [0.1, 0.15) is 5.82 Å². The third-order valence-electron chi connectivity index (χ3n) is 8.68. The Bertz CT molecular complexity index is 1110. The van der Waals surface area contributed by atoms with Gasteiger partial charge in [-0.05, 0) is 93.4 Å². The SMILES string of the molecule is CCOC(=O)[C@H]1CC1(c1ccc(Cl)cc1)C1CCN(C(=O)C2CCN(Cc3ccnc(N)c3)CC2)CC1. The molecule has 3 aliphatic rings. The molecule has 1 aromatic carbocycles. The topological polar surface area (TPSA) is 88.8 Å². The number of piperidine rings is 2. The first-order chi connectivity index (χ1) is 17.9. The molecule has 1 aliphatic carbocycles. The summed E-state index contributed by atoms with van der Waals surface area (Å²) < 4.78 is 5.40. The lowest BCUT2D eigenvalue weighted by atomic mass is 9.75. The molecule has 0 spiro atoms. The summed E-state index contributed by atoms with van der Waals surface area (Å²) in [6, 6.07) is 11.9. The van der Waals surface area contributed by atoms with Crippen molar-refractivity contribution in [3.05, 3.63) is 58.7 Å². The third kappa shape index (κ3) is 5.48. The van der Waals surface area contributed by atoms with Gasteiger partial charge >= 0.3 is 5.97 Å². The summed E-state index contributed by atoms with van der Waals surface area (Å²) >= 11 is 6.15. The Morgan fingerprint density at radius 3 is 2.43 bits per heavy atom. The van der Waals surface area contributed by atoms with Gasteiger partial charge in [0.2, 0.25) is 5.91 Å². The molecule has 0 bridgehead atoms. The molecule has 2 saturated heterocycles. The summed E-state index contributed by atoms with van der Waals surface area (Å²) in [6.07, 6.45) is 6.16. The van der Waals surface area contributed by atoms with Crippen LogP contribution in [0.15, 0.2) is 42.6 Å².